The van der Waals surface area contributed by atoms with E-state index in [1.165, 1.54) is 0 Å². The Morgan fingerprint density at radius 1 is 1.57 bits per heavy atom. The van der Waals surface area contributed by atoms with Gasteiger partial charge in [0.2, 0.25) is 0 Å². The van der Waals surface area contributed by atoms with Gasteiger partial charge in [-0.25, -0.2) is 13.2 Å². The molecule has 0 spiro atoms. The van der Waals surface area contributed by atoms with Gasteiger partial charge in [0.1, 0.15) is 11.5 Å². The largest absolute Gasteiger partial charge is 0.281 e. The van der Waals surface area contributed by atoms with Crippen molar-refractivity contribution in [2.75, 3.05) is 0 Å². The normalized spacial score (nSPS) is 10.3. The fourth-order valence-corrected chi connectivity index (χ4v) is 1.40. The quantitative estimate of drug-likeness (QED) is 0.824. The van der Waals surface area contributed by atoms with Gasteiger partial charge >= 0.3 is 0 Å². The SMILES string of the molecule is N#CCc1cnc(C(F)F)c(Br)c1F. The van der Waals surface area contributed by atoms with E-state index >= 15 is 0 Å². The summed E-state index contributed by atoms with van der Waals surface area (Å²) in [7, 11) is 0. The van der Waals surface area contributed by atoms with E-state index in [9.17, 15) is 13.2 Å². The van der Waals surface area contributed by atoms with Crippen molar-refractivity contribution in [3.8, 4) is 6.07 Å². The third kappa shape index (κ3) is 2.04. The summed E-state index contributed by atoms with van der Waals surface area (Å²) in [5.41, 5.74) is -0.645. The first kappa shape index (κ1) is 11.0. The Bertz CT molecular complexity index is 387. The summed E-state index contributed by atoms with van der Waals surface area (Å²) in [6, 6.07) is 1.71. The number of halogens is 4. The van der Waals surface area contributed by atoms with Crippen molar-refractivity contribution >= 4 is 15.9 Å². The molecule has 0 unspecified atom stereocenters. The highest BCUT2D eigenvalue weighted by molar-refractivity contribution is 9.10. The van der Waals surface area contributed by atoms with Gasteiger partial charge in [-0.15, -0.1) is 0 Å². The summed E-state index contributed by atoms with van der Waals surface area (Å²) in [5, 5.41) is 8.31. The average molecular weight is 265 g/mol. The molecule has 1 aromatic rings. The molecule has 0 aliphatic carbocycles. The van der Waals surface area contributed by atoms with Crippen LogP contribution in [0.3, 0.4) is 0 Å². The van der Waals surface area contributed by atoms with Crippen molar-refractivity contribution in [2.45, 2.75) is 12.8 Å². The van der Waals surface area contributed by atoms with Crippen LogP contribution in [0.4, 0.5) is 13.2 Å². The molecule has 0 bridgehead atoms. The van der Waals surface area contributed by atoms with Gasteiger partial charge in [-0.3, -0.25) is 4.98 Å². The number of pyridine rings is 1. The van der Waals surface area contributed by atoms with Crippen LogP contribution in [0.25, 0.3) is 0 Å². The lowest BCUT2D eigenvalue weighted by molar-refractivity contribution is 0.144. The van der Waals surface area contributed by atoms with Crippen molar-refractivity contribution in [3.05, 3.63) is 27.7 Å². The molecule has 0 atom stereocenters. The Labute approximate surface area is 86.5 Å². The van der Waals surface area contributed by atoms with Crippen molar-refractivity contribution < 1.29 is 13.2 Å². The van der Waals surface area contributed by atoms with Crippen LogP contribution < -0.4 is 0 Å². The van der Waals surface area contributed by atoms with Crippen molar-refractivity contribution in [2.24, 2.45) is 0 Å². The Morgan fingerprint density at radius 2 is 2.21 bits per heavy atom. The smallest absolute Gasteiger partial charge is 0.254 e. The Hall–Kier alpha value is -1.09. The molecule has 14 heavy (non-hydrogen) atoms. The lowest BCUT2D eigenvalue weighted by Crippen LogP contribution is -1.99. The zero-order chi connectivity index (χ0) is 10.7. The molecule has 0 aliphatic rings. The van der Waals surface area contributed by atoms with E-state index < -0.39 is 17.9 Å². The van der Waals surface area contributed by atoms with Crippen LogP contribution in [0.2, 0.25) is 0 Å². The summed E-state index contributed by atoms with van der Waals surface area (Å²) in [4.78, 5) is 3.37. The van der Waals surface area contributed by atoms with Gasteiger partial charge < -0.3 is 0 Å². The topological polar surface area (TPSA) is 36.7 Å². The zero-order valence-corrected chi connectivity index (χ0v) is 8.35. The second kappa shape index (κ2) is 4.42. The third-order valence-corrected chi connectivity index (χ3v) is 2.29. The predicted molar refractivity (Wildman–Crippen MR) is 46.2 cm³/mol. The van der Waals surface area contributed by atoms with Gasteiger partial charge in [-0.2, -0.15) is 5.26 Å². The molecule has 0 aliphatic heterocycles. The minimum atomic E-state index is -2.84. The first-order valence-corrected chi connectivity index (χ1v) is 4.35. The van der Waals surface area contributed by atoms with Crippen LogP contribution in [0.1, 0.15) is 17.7 Å². The van der Waals surface area contributed by atoms with Crippen molar-refractivity contribution in [3.63, 3.8) is 0 Å². The lowest BCUT2D eigenvalue weighted by atomic mass is 10.2. The third-order valence-electron chi connectivity index (χ3n) is 1.54. The lowest BCUT2D eigenvalue weighted by Gasteiger charge is -2.05. The molecule has 1 heterocycles. The number of alkyl halides is 2. The Balaban J connectivity index is 3.20. The van der Waals surface area contributed by atoms with E-state index in [1.807, 2.05) is 0 Å². The van der Waals surface area contributed by atoms with Crippen LogP contribution in [0.5, 0.6) is 0 Å². The van der Waals surface area contributed by atoms with Gasteiger partial charge in [-0.1, -0.05) is 0 Å². The summed E-state index contributed by atoms with van der Waals surface area (Å²) in [6.07, 6.45) is -2.08. The molecule has 1 rings (SSSR count). The summed E-state index contributed by atoms with van der Waals surface area (Å²) in [6.45, 7) is 0. The molecule has 1 aromatic heterocycles. The van der Waals surface area contributed by atoms with Gasteiger partial charge in [0.25, 0.3) is 6.43 Å². The van der Waals surface area contributed by atoms with E-state index in [1.54, 1.807) is 6.07 Å². The second-order valence-electron chi connectivity index (χ2n) is 2.43. The molecule has 6 heteroatoms. The molecule has 74 valence electrons. The number of hydrogen-bond acceptors (Lipinski definition) is 2. The maximum absolute atomic E-state index is 13.2. The maximum atomic E-state index is 13.2. The first-order valence-electron chi connectivity index (χ1n) is 3.55. The predicted octanol–water partition coefficient (Wildman–Crippen LogP) is 2.99. The Kier molecular flexibility index (Phi) is 3.47. The van der Waals surface area contributed by atoms with E-state index in [-0.39, 0.29) is 16.5 Å². The van der Waals surface area contributed by atoms with Gasteiger partial charge in [0.05, 0.1) is 17.0 Å². The molecule has 0 amide bonds. The average Bonchev–Trinajstić information content (AvgIpc) is 2.13. The second-order valence-corrected chi connectivity index (χ2v) is 3.23. The van der Waals surface area contributed by atoms with Crippen molar-refractivity contribution in [1.82, 2.24) is 4.98 Å². The monoisotopic (exact) mass is 264 g/mol. The van der Waals surface area contributed by atoms with E-state index in [2.05, 4.69) is 20.9 Å². The van der Waals surface area contributed by atoms with Crippen LogP contribution in [-0.2, 0) is 6.42 Å². The van der Waals surface area contributed by atoms with Crippen LogP contribution in [0.15, 0.2) is 10.7 Å². The molecule has 2 nitrogen and oxygen atoms in total. The standard InChI is InChI=1S/C8H4BrF3N2/c9-5-6(10)4(1-2-13)3-14-7(5)8(11)12/h3,8H,1H2. The highest BCUT2D eigenvalue weighted by atomic mass is 79.9. The van der Waals surface area contributed by atoms with Gasteiger partial charge in [0, 0.05) is 11.8 Å². The molecule has 0 N–H and O–H groups in total. The Morgan fingerprint density at radius 3 is 2.71 bits per heavy atom. The zero-order valence-electron chi connectivity index (χ0n) is 6.77. The van der Waals surface area contributed by atoms with Gasteiger partial charge in [0.15, 0.2) is 0 Å². The molecular weight excluding hydrogens is 261 g/mol. The number of nitriles is 1. The molecular formula is C8H4BrF3N2. The number of nitrogens with zero attached hydrogens (tertiary/aromatic N) is 2. The van der Waals surface area contributed by atoms with Crippen molar-refractivity contribution in [1.29, 1.82) is 5.26 Å². The van der Waals surface area contributed by atoms with E-state index in [0.29, 0.717) is 0 Å². The summed E-state index contributed by atoms with van der Waals surface area (Å²) in [5.74, 6) is -0.850. The van der Waals surface area contributed by atoms with E-state index in [4.69, 9.17) is 5.26 Å². The van der Waals surface area contributed by atoms with Crippen LogP contribution >= 0.6 is 15.9 Å². The molecule has 0 radical (unpaired) electrons. The summed E-state index contributed by atoms with van der Waals surface area (Å²) >= 11 is 2.67. The number of hydrogen-bond donors (Lipinski definition) is 0. The first-order chi connectivity index (χ1) is 6.57. The fraction of sp³-hybridized carbons (Fsp3) is 0.250. The maximum Gasteiger partial charge on any atom is 0.281 e. The highest BCUT2D eigenvalue weighted by Gasteiger charge is 2.18. The summed E-state index contributed by atoms with van der Waals surface area (Å²) < 4.78 is 37.3. The molecule has 0 saturated carbocycles. The minimum Gasteiger partial charge on any atom is -0.254 e. The molecule has 0 aromatic carbocycles. The van der Waals surface area contributed by atoms with E-state index in [0.717, 1.165) is 6.20 Å². The van der Waals surface area contributed by atoms with Gasteiger partial charge in [-0.05, 0) is 15.9 Å². The molecule has 0 saturated heterocycles. The fourth-order valence-electron chi connectivity index (χ4n) is 0.875. The number of aromatic nitrogens is 1. The molecule has 0 fully saturated rings. The highest BCUT2D eigenvalue weighted by Crippen LogP contribution is 2.28. The number of rotatable bonds is 2. The minimum absolute atomic E-state index is 0.00350. The van der Waals surface area contributed by atoms with Crippen LogP contribution in [-0.4, -0.2) is 4.98 Å². The van der Waals surface area contributed by atoms with Crippen LogP contribution in [0, 0.1) is 17.1 Å².